The van der Waals surface area contributed by atoms with Crippen molar-refractivity contribution in [1.82, 2.24) is 4.31 Å². The molecular formula is C35H45NO7S. The molecule has 3 aromatic rings. The Morgan fingerprint density at radius 3 is 1.66 bits per heavy atom. The van der Waals surface area contributed by atoms with Gasteiger partial charge in [-0.3, -0.25) is 9.59 Å². The summed E-state index contributed by atoms with van der Waals surface area (Å²) in [5, 5.41) is 8.05. The van der Waals surface area contributed by atoms with Crippen LogP contribution in [0.25, 0.3) is 0 Å². The van der Waals surface area contributed by atoms with Crippen molar-refractivity contribution >= 4 is 21.8 Å². The summed E-state index contributed by atoms with van der Waals surface area (Å²) in [4.78, 5) is 26.6. The van der Waals surface area contributed by atoms with Crippen LogP contribution in [0, 0.1) is 0 Å². The molecule has 238 valence electrons. The van der Waals surface area contributed by atoms with E-state index in [2.05, 4.69) is 0 Å². The summed E-state index contributed by atoms with van der Waals surface area (Å²) in [7, 11) is -3.00. The minimum absolute atomic E-state index is 0.0126. The van der Waals surface area contributed by atoms with Gasteiger partial charge in [0.15, 0.2) is 12.6 Å². The minimum Gasteiger partial charge on any atom is -0.481 e. The van der Waals surface area contributed by atoms with Gasteiger partial charge in [-0.1, -0.05) is 109 Å². The Morgan fingerprint density at radius 1 is 0.841 bits per heavy atom. The van der Waals surface area contributed by atoms with E-state index in [1.54, 1.807) is 19.1 Å². The molecule has 0 aliphatic carbocycles. The molecule has 0 heterocycles. The Labute approximate surface area is 262 Å². The van der Waals surface area contributed by atoms with Crippen molar-refractivity contribution < 1.29 is 32.6 Å². The number of carbonyl (C=O) groups is 2. The van der Waals surface area contributed by atoms with Gasteiger partial charge in [-0.15, -0.1) is 0 Å². The number of nitrogens with zero attached hydrogens (tertiary/aromatic N) is 1. The zero-order valence-electron chi connectivity index (χ0n) is 27.0. The number of carboxylic acid groups (broad SMARTS) is 1. The van der Waals surface area contributed by atoms with E-state index in [-0.39, 0.29) is 18.9 Å². The van der Waals surface area contributed by atoms with Gasteiger partial charge in [-0.05, 0) is 34.1 Å². The molecule has 0 saturated carbocycles. The first kappa shape index (κ1) is 35.0. The highest BCUT2D eigenvalue weighted by Crippen LogP contribution is 2.42. The number of hydrogen-bond acceptors (Lipinski definition) is 6. The van der Waals surface area contributed by atoms with E-state index in [9.17, 15) is 23.1 Å². The van der Waals surface area contributed by atoms with Crippen LogP contribution in [-0.2, 0) is 30.4 Å². The highest BCUT2D eigenvalue weighted by Gasteiger charge is 2.43. The first-order valence-corrected chi connectivity index (χ1v) is 16.2. The fraction of sp³-hybridized carbons (Fsp3) is 0.429. The summed E-state index contributed by atoms with van der Waals surface area (Å²) < 4.78 is 41.6. The maximum absolute atomic E-state index is 14.6. The number of ketones is 1. The molecule has 3 rings (SSSR count). The number of sulfonamides is 1. The SMILES string of the molecule is CCN(C(c1ccccc1)c1ccccc1)S(=O)(=O)C(CC(=O)O)C(=O)c1cc(C(C)(C)C)c(OCOC)c(C(C)(C)C)c1. The molecule has 0 aliphatic heterocycles. The molecule has 1 N–H and O–H groups in total. The second-order valence-corrected chi connectivity index (χ2v) is 14.9. The maximum Gasteiger partial charge on any atom is 0.305 e. The van der Waals surface area contributed by atoms with Crippen molar-refractivity contribution in [2.75, 3.05) is 20.4 Å². The molecule has 1 unspecified atom stereocenters. The smallest absolute Gasteiger partial charge is 0.305 e. The van der Waals surface area contributed by atoms with Crippen molar-refractivity contribution in [3.05, 3.63) is 101 Å². The molecule has 3 aromatic carbocycles. The van der Waals surface area contributed by atoms with Crippen LogP contribution in [-0.4, -0.2) is 55.3 Å². The summed E-state index contributed by atoms with van der Waals surface area (Å²) >= 11 is 0. The van der Waals surface area contributed by atoms with Crippen molar-refractivity contribution in [3.8, 4) is 5.75 Å². The molecule has 0 saturated heterocycles. The normalized spacial score (nSPS) is 13.2. The lowest BCUT2D eigenvalue weighted by Gasteiger charge is -2.34. The zero-order chi connectivity index (χ0) is 32.9. The van der Waals surface area contributed by atoms with Crippen LogP contribution in [0.15, 0.2) is 72.8 Å². The Balaban J connectivity index is 2.27. The van der Waals surface area contributed by atoms with Crippen LogP contribution in [0.5, 0.6) is 5.75 Å². The number of ether oxygens (including phenoxy) is 2. The predicted molar refractivity (Wildman–Crippen MR) is 173 cm³/mol. The fourth-order valence-electron chi connectivity index (χ4n) is 5.30. The van der Waals surface area contributed by atoms with Gasteiger partial charge in [-0.2, -0.15) is 4.31 Å². The lowest BCUT2D eigenvalue weighted by Crippen LogP contribution is -2.45. The Morgan fingerprint density at radius 2 is 1.30 bits per heavy atom. The number of Topliss-reactive ketones (excluding diaryl/α,β-unsaturated/α-hetero) is 1. The zero-order valence-corrected chi connectivity index (χ0v) is 27.8. The van der Waals surface area contributed by atoms with E-state index in [4.69, 9.17) is 9.47 Å². The van der Waals surface area contributed by atoms with Crippen LogP contribution < -0.4 is 4.74 Å². The van der Waals surface area contributed by atoms with E-state index in [1.165, 1.54) is 11.4 Å². The first-order chi connectivity index (χ1) is 20.5. The summed E-state index contributed by atoms with van der Waals surface area (Å²) in [6, 6.07) is 20.8. The van der Waals surface area contributed by atoms with E-state index >= 15 is 0 Å². The van der Waals surface area contributed by atoms with E-state index in [0.717, 1.165) is 0 Å². The van der Waals surface area contributed by atoms with E-state index < -0.39 is 50.3 Å². The standard InChI is InChI=1S/C35H45NO7S/c1-9-36(31(24-16-12-10-13-17-24)25-18-14-11-15-19-25)44(40,41)29(22-30(37)38)32(39)26-20-27(34(2,3)4)33(43-23-42-8)28(21-26)35(5,6)7/h10-21,29,31H,9,22-23H2,1-8H3,(H,37,38). The number of rotatable bonds is 13. The second-order valence-electron chi connectivity index (χ2n) is 12.9. The number of carboxylic acids is 1. The molecule has 44 heavy (non-hydrogen) atoms. The average Bonchev–Trinajstić information content (AvgIpc) is 2.96. The van der Waals surface area contributed by atoms with Gasteiger partial charge in [0.1, 0.15) is 11.0 Å². The van der Waals surface area contributed by atoms with Crippen molar-refractivity contribution in [1.29, 1.82) is 0 Å². The fourth-order valence-corrected chi connectivity index (χ4v) is 7.29. The highest BCUT2D eigenvalue weighted by atomic mass is 32.2. The van der Waals surface area contributed by atoms with Crippen molar-refractivity contribution in [2.24, 2.45) is 0 Å². The van der Waals surface area contributed by atoms with Gasteiger partial charge in [-0.25, -0.2) is 8.42 Å². The number of benzene rings is 3. The van der Waals surface area contributed by atoms with Crippen LogP contribution in [0.2, 0.25) is 0 Å². The van der Waals surface area contributed by atoms with Gasteiger partial charge < -0.3 is 14.6 Å². The van der Waals surface area contributed by atoms with Crippen molar-refractivity contribution in [3.63, 3.8) is 0 Å². The lowest BCUT2D eigenvalue weighted by molar-refractivity contribution is -0.136. The van der Waals surface area contributed by atoms with E-state index in [0.29, 0.717) is 28.0 Å². The Hall–Kier alpha value is -3.53. The monoisotopic (exact) mass is 623 g/mol. The molecule has 0 spiro atoms. The Kier molecular flexibility index (Phi) is 11.2. The van der Waals surface area contributed by atoms with Crippen LogP contribution >= 0.6 is 0 Å². The third kappa shape index (κ3) is 7.94. The van der Waals surface area contributed by atoms with Gasteiger partial charge in [0.2, 0.25) is 10.0 Å². The Bertz CT molecular complexity index is 1460. The third-order valence-corrected chi connectivity index (χ3v) is 9.70. The summed E-state index contributed by atoms with van der Waals surface area (Å²) in [6.45, 7) is 13.5. The molecule has 0 amide bonds. The summed E-state index contributed by atoms with van der Waals surface area (Å²) in [6.07, 6.45) is -0.883. The second kappa shape index (κ2) is 14.1. The number of carbonyl (C=O) groups excluding carboxylic acids is 1. The van der Waals surface area contributed by atoms with E-state index in [1.807, 2.05) is 102 Å². The predicted octanol–water partition coefficient (Wildman–Crippen LogP) is 6.73. The van der Waals surface area contributed by atoms with Gasteiger partial charge in [0.05, 0.1) is 12.5 Å². The number of hydrogen-bond donors (Lipinski definition) is 1. The molecule has 0 radical (unpaired) electrons. The summed E-state index contributed by atoms with van der Waals surface area (Å²) in [5.74, 6) is -1.60. The molecule has 0 aromatic heterocycles. The number of aliphatic carboxylic acids is 1. The quantitative estimate of drug-likeness (QED) is 0.166. The topological polar surface area (TPSA) is 110 Å². The third-order valence-electron chi connectivity index (χ3n) is 7.48. The molecular weight excluding hydrogens is 578 g/mol. The van der Waals surface area contributed by atoms with Gasteiger partial charge >= 0.3 is 5.97 Å². The molecule has 0 fully saturated rings. The van der Waals surface area contributed by atoms with Crippen LogP contribution in [0.3, 0.4) is 0 Å². The highest BCUT2D eigenvalue weighted by molar-refractivity contribution is 7.90. The lowest BCUT2D eigenvalue weighted by atomic mass is 9.77. The molecule has 9 heteroatoms. The molecule has 8 nitrogen and oxygen atoms in total. The average molecular weight is 624 g/mol. The molecule has 1 atom stereocenters. The molecule has 0 bridgehead atoms. The molecule has 0 aliphatic rings. The van der Waals surface area contributed by atoms with Gasteiger partial charge in [0, 0.05) is 30.3 Å². The van der Waals surface area contributed by atoms with Crippen molar-refractivity contribution in [2.45, 2.75) is 77.0 Å². The van der Waals surface area contributed by atoms with Crippen LogP contribution in [0.4, 0.5) is 0 Å². The number of methoxy groups -OCH3 is 1. The maximum atomic E-state index is 14.6. The largest absolute Gasteiger partial charge is 0.481 e. The minimum atomic E-state index is -4.52. The summed E-state index contributed by atoms with van der Waals surface area (Å²) in [5.41, 5.74) is 1.91. The first-order valence-electron chi connectivity index (χ1n) is 14.7. The van der Waals surface area contributed by atoms with Crippen LogP contribution in [0.1, 0.15) is 93.5 Å². The van der Waals surface area contributed by atoms with Gasteiger partial charge in [0.25, 0.3) is 0 Å².